The number of fused-ring (bicyclic) bond motifs is 1. The van der Waals surface area contributed by atoms with Gasteiger partial charge in [-0.2, -0.15) is 9.78 Å². The Kier molecular flexibility index (Phi) is 5.41. The summed E-state index contributed by atoms with van der Waals surface area (Å²) in [6, 6.07) is 13.1. The summed E-state index contributed by atoms with van der Waals surface area (Å²) in [6.45, 7) is 3.28. The Morgan fingerprint density at radius 1 is 1.14 bits per heavy atom. The molecule has 148 valence electrons. The molecule has 0 bridgehead atoms. The molecular formula is C20H19N5O4. The van der Waals surface area contributed by atoms with Crippen molar-refractivity contribution in [3.8, 4) is 0 Å². The lowest BCUT2D eigenvalue weighted by Gasteiger charge is -2.26. The fraction of sp³-hybridized carbons (Fsp3) is 0.250. The van der Waals surface area contributed by atoms with E-state index in [-0.39, 0.29) is 11.2 Å². The minimum absolute atomic E-state index is 0.000282. The van der Waals surface area contributed by atoms with E-state index in [1.54, 1.807) is 24.3 Å². The van der Waals surface area contributed by atoms with E-state index in [0.717, 1.165) is 13.1 Å². The Labute approximate surface area is 166 Å². The van der Waals surface area contributed by atoms with Gasteiger partial charge in [0.2, 0.25) is 0 Å². The van der Waals surface area contributed by atoms with Crippen molar-refractivity contribution in [1.82, 2.24) is 14.6 Å². The minimum atomic E-state index is -0.459. The molecule has 0 aliphatic carbocycles. The van der Waals surface area contributed by atoms with Gasteiger partial charge >= 0.3 is 0 Å². The molecule has 4 rings (SSSR count). The molecule has 1 aromatic heterocycles. The first-order chi connectivity index (χ1) is 14.1. The molecule has 29 heavy (non-hydrogen) atoms. The molecule has 0 amide bonds. The lowest BCUT2D eigenvalue weighted by molar-refractivity contribution is -0.384. The van der Waals surface area contributed by atoms with Crippen LogP contribution in [0.3, 0.4) is 0 Å². The molecular weight excluding hydrogens is 374 g/mol. The lowest BCUT2D eigenvalue weighted by Crippen LogP contribution is -2.37. The van der Waals surface area contributed by atoms with Crippen molar-refractivity contribution in [2.24, 2.45) is 5.10 Å². The van der Waals surface area contributed by atoms with Gasteiger partial charge in [-0.25, -0.2) is 4.98 Å². The summed E-state index contributed by atoms with van der Waals surface area (Å²) in [5.41, 5.74) is 1.02. The second-order valence-electron chi connectivity index (χ2n) is 6.64. The van der Waals surface area contributed by atoms with Crippen molar-refractivity contribution >= 4 is 22.8 Å². The Morgan fingerprint density at radius 3 is 2.59 bits per heavy atom. The van der Waals surface area contributed by atoms with Gasteiger partial charge in [0.25, 0.3) is 11.2 Å². The average molecular weight is 393 g/mol. The van der Waals surface area contributed by atoms with Crippen LogP contribution in [0, 0.1) is 10.1 Å². The number of hydrogen-bond acceptors (Lipinski definition) is 7. The molecule has 1 aliphatic rings. The number of nitro benzene ring substituents is 1. The summed E-state index contributed by atoms with van der Waals surface area (Å²) in [6.07, 6.45) is 1.50. The third-order valence-electron chi connectivity index (χ3n) is 4.72. The SMILES string of the molecule is O=c1c2ccccc2nc(CN2CCOCC2)n1N=Cc1ccc([N+](=O)[O-])cc1. The smallest absolute Gasteiger partial charge is 0.282 e. The van der Waals surface area contributed by atoms with E-state index in [1.165, 1.54) is 23.0 Å². The Bertz CT molecular complexity index is 1120. The lowest BCUT2D eigenvalue weighted by atomic mass is 10.2. The first-order valence-corrected chi connectivity index (χ1v) is 9.21. The van der Waals surface area contributed by atoms with E-state index >= 15 is 0 Å². The van der Waals surface area contributed by atoms with Gasteiger partial charge in [-0.1, -0.05) is 12.1 Å². The monoisotopic (exact) mass is 393 g/mol. The number of nitro groups is 1. The van der Waals surface area contributed by atoms with E-state index < -0.39 is 4.92 Å². The number of non-ortho nitro benzene ring substituents is 1. The van der Waals surface area contributed by atoms with Gasteiger partial charge in [-0.15, -0.1) is 0 Å². The largest absolute Gasteiger partial charge is 0.379 e. The van der Waals surface area contributed by atoms with Crippen LogP contribution in [0.5, 0.6) is 0 Å². The van der Waals surface area contributed by atoms with Gasteiger partial charge in [-0.3, -0.25) is 19.8 Å². The molecule has 9 nitrogen and oxygen atoms in total. The quantitative estimate of drug-likeness (QED) is 0.373. The highest BCUT2D eigenvalue weighted by Crippen LogP contribution is 2.12. The topological polar surface area (TPSA) is 103 Å². The number of benzene rings is 2. The zero-order chi connectivity index (χ0) is 20.2. The summed E-state index contributed by atoms with van der Waals surface area (Å²) >= 11 is 0. The number of aromatic nitrogens is 2. The van der Waals surface area contributed by atoms with Gasteiger partial charge in [0.15, 0.2) is 0 Å². The van der Waals surface area contributed by atoms with Crippen LogP contribution in [0.4, 0.5) is 5.69 Å². The third kappa shape index (κ3) is 4.20. The fourth-order valence-corrected chi connectivity index (χ4v) is 3.16. The van der Waals surface area contributed by atoms with Crippen molar-refractivity contribution in [2.45, 2.75) is 6.54 Å². The number of rotatable bonds is 5. The highest BCUT2D eigenvalue weighted by Gasteiger charge is 2.16. The molecule has 0 atom stereocenters. The maximum absolute atomic E-state index is 13.0. The van der Waals surface area contributed by atoms with Crippen LogP contribution < -0.4 is 5.56 Å². The van der Waals surface area contributed by atoms with Gasteiger partial charge in [0.1, 0.15) is 5.82 Å². The van der Waals surface area contributed by atoms with Crippen LogP contribution in [0.25, 0.3) is 10.9 Å². The number of para-hydroxylation sites is 1. The van der Waals surface area contributed by atoms with Crippen molar-refractivity contribution < 1.29 is 9.66 Å². The number of ether oxygens (including phenoxy) is 1. The molecule has 2 heterocycles. The maximum Gasteiger partial charge on any atom is 0.282 e. The molecule has 0 spiro atoms. The van der Waals surface area contributed by atoms with Crippen LogP contribution in [0.2, 0.25) is 0 Å². The molecule has 1 aliphatic heterocycles. The predicted molar refractivity (Wildman–Crippen MR) is 108 cm³/mol. The zero-order valence-electron chi connectivity index (χ0n) is 15.6. The molecule has 9 heteroatoms. The molecule has 0 N–H and O–H groups in total. The Balaban J connectivity index is 1.72. The second kappa shape index (κ2) is 8.29. The number of nitrogens with zero attached hydrogens (tertiary/aromatic N) is 5. The van der Waals surface area contributed by atoms with Crippen LogP contribution >= 0.6 is 0 Å². The zero-order valence-corrected chi connectivity index (χ0v) is 15.6. The molecule has 0 radical (unpaired) electrons. The molecule has 3 aromatic rings. The molecule has 0 unspecified atom stereocenters. The summed E-state index contributed by atoms with van der Waals surface area (Å²) in [4.78, 5) is 30.2. The molecule has 0 saturated carbocycles. The Morgan fingerprint density at radius 2 is 1.86 bits per heavy atom. The van der Waals surface area contributed by atoms with Gasteiger partial charge in [0, 0.05) is 25.2 Å². The normalized spacial score (nSPS) is 15.2. The molecule has 1 saturated heterocycles. The van der Waals surface area contributed by atoms with Crippen LogP contribution in [-0.4, -0.2) is 52.0 Å². The molecule has 2 aromatic carbocycles. The fourth-order valence-electron chi connectivity index (χ4n) is 3.16. The molecule has 1 fully saturated rings. The van der Waals surface area contributed by atoms with E-state index in [4.69, 9.17) is 4.74 Å². The average Bonchev–Trinajstić information content (AvgIpc) is 2.74. The van der Waals surface area contributed by atoms with Crippen molar-refractivity contribution in [3.63, 3.8) is 0 Å². The second-order valence-corrected chi connectivity index (χ2v) is 6.64. The van der Waals surface area contributed by atoms with Gasteiger partial charge in [0.05, 0.1) is 41.8 Å². The van der Waals surface area contributed by atoms with E-state index in [9.17, 15) is 14.9 Å². The van der Waals surface area contributed by atoms with Crippen molar-refractivity contribution in [2.75, 3.05) is 26.3 Å². The van der Waals surface area contributed by atoms with Gasteiger partial charge in [-0.05, 0) is 29.8 Å². The maximum atomic E-state index is 13.0. The van der Waals surface area contributed by atoms with Crippen LogP contribution in [0.15, 0.2) is 58.4 Å². The predicted octanol–water partition coefficient (Wildman–Crippen LogP) is 2.02. The highest BCUT2D eigenvalue weighted by molar-refractivity contribution is 5.80. The number of hydrogen-bond donors (Lipinski definition) is 0. The summed E-state index contributed by atoms with van der Waals surface area (Å²) < 4.78 is 6.69. The number of morpholine rings is 1. The van der Waals surface area contributed by atoms with Crippen molar-refractivity contribution in [1.29, 1.82) is 0 Å². The minimum Gasteiger partial charge on any atom is -0.379 e. The highest BCUT2D eigenvalue weighted by atomic mass is 16.6. The van der Waals surface area contributed by atoms with Crippen LogP contribution in [0.1, 0.15) is 11.4 Å². The summed E-state index contributed by atoms with van der Waals surface area (Å²) in [7, 11) is 0. The third-order valence-corrected chi connectivity index (χ3v) is 4.72. The standard InChI is InChI=1S/C20H19N5O4/c26-20-17-3-1-2-4-18(17)22-19(14-23-9-11-29-12-10-23)24(20)21-13-15-5-7-16(8-6-15)25(27)28/h1-8,13H,9-12,14H2. The van der Waals surface area contributed by atoms with Gasteiger partial charge < -0.3 is 4.74 Å². The van der Waals surface area contributed by atoms with E-state index in [2.05, 4.69) is 15.0 Å². The Hall–Kier alpha value is -3.43. The van der Waals surface area contributed by atoms with Crippen molar-refractivity contribution in [3.05, 3.63) is 80.4 Å². The first-order valence-electron chi connectivity index (χ1n) is 9.21. The summed E-state index contributed by atoms with van der Waals surface area (Å²) in [5, 5.41) is 15.6. The van der Waals surface area contributed by atoms with E-state index in [0.29, 0.717) is 42.0 Å². The summed E-state index contributed by atoms with van der Waals surface area (Å²) in [5.74, 6) is 0.536. The first kappa shape index (κ1) is 18.9. The van der Waals surface area contributed by atoms with Crippen LogP contribution in [-0.2, 0) is 11.3 Å². The van der Waals surface area contributed by atoms with E-state index in [1.807, 2.05) is 12.1 Å².